The summed E-state index contributed by atoms with van der Waals surface area (Å²) < 4.78 is 13.4. The summed E-state index contributed by atoms with van der Waals surface area (Å²) in [5.41, 5.74) is 0.0953. The maximum Gasteiger partial charge on any atom is 0.224 e. The van der Waals surface area contributed by atoms with Crippen LogP contribution in [-0.4, -0.2) is 23.2 Å². The van der Waals surface area contributed by atoms with Crippen LogP contribution in [0.5, 0.6) is 0 Å². The number of aliphatic hydroxyl groups excluding tert-OH is 1. The number of hydrogen-bond acceptors (Lipinski definition) is 2. The Morgan fingerprint density at radius 1 is 1.50 bits per heavy atom. The molecule has 0 saturated heterocycles. The second kappa shape index (κ2) is 4.69. The minimum absolute atomic E-state index is 0.0354. The van der Waals surface area contributed by atoms with E-state index in [0.29, 0.717) is 12.0 Å². The number of carbonyl (C=O) groups excluding carboxylic acids is 1. The predicted octanol–water partition coefficient (Wildman–Crippen LogP) is 1.64. The Kier molecular flexibility index (Phi) is 3.39. The maximum absolute atomic E-state index is 13.4. The van der Waals surface area contributed by atoms with Gasteiger partial charge in [0.15, 0.2) is 0 Å². The minimum atomic E-state index is -0.378. The lowest BCUT2D eigenvalue weighted by Crippen LogP contribution is -2.61. The molecule has 4 heteroatoms. The Bertz CT molecular complexity index is 459. The first-order valence-corrected chi connectivity index (χ1v) is 6.12. The minimum Gasteiger partial charge on any atom is -0.392 e. The number of nitrogens with one attached hydrogen (secondary N) is 1. The first kappa shape index (κ1) is 13.0. The number of hydrogen-bond donors (Lipinski definition) is 2. The number of rotatable bonds is 3. The van der Waals surface area contributed by atoms with Crippen LogP contribution in [0.2, 0.25) is 0 Å². The van der Waals surface area contributed by atoms with E-state index in [1.165, 1.54) is 6.07 Å². The molecule has 1 amide bonds. The molecule has 1 fully saturated rings. The predicted molar refractivity (Wildman–Crippen MR) is 66.4 cm³/mol. The first-order valence-electron chi connectivity index (χ1n) is 6.12. The Labute approximate surface area is 106 Å². The van der Waals surface area contributed by atoms with Gasteiger partial charge in [-0.2, -0.15) is 0 Å². The van der Waals surface area contributed by atoms with Gasteiger partial charge in [-0.25, -0.2) is 4.39 Å². The van der Waals surface area contributed by atoms with Crippen molar-refractivity contribution >= 4 is 5.91 Å². The molecule has 18 heavy (non-hydrogen) atoms. The summed E-state index contributed by atoms with van der Waals surface area (Å²) in [7, 11) is 0. The highest BCUT2D eigenvalue weighted by molar-refractivity contribution is 5.79. The van der Waals surface area contributed by atoms with Crippen molar-refractivity contribution in [2.75, 3.05) is 0 Å². The number of benzene rings is 1. The molecule has 2 unspecified atom stereocenters. The van der Waals surface area contributed by atoms with Crippen LogP contribution in [0.25, 0.3) is 0 Å². The van der Waals surface area contributed by atoms with Gasteiger partial charge < -0.3 is 10.4 Å². The van der Waals surface area contributed by atoms with Crippen LogP contribution in [0.15, 0.2) is 24.3 Å². The van der Waals surface area contributed by atoms with Crippen molar-refractivity contribution in [3.8, 4) is 0 Å². The molecule has 0 bridgehead atoms. The molecule has 0 aromatic heterocycles. The molecule has 98 valence electrons. The van der Waals surface area contributed by atoms with E-state index < -0.39 is 0 Å². The summed E-state index contributed by atoms with van der Waals surface area (Å²) in [6, 6.07) is 6.23. The van der Waals surface area contributed by atoms with Crippen molar-refractivity contribution in [2.45, 2.75) is 38.8 Å². The molecule has 1 saturated carbocycles. The highest BCUT2D eigenvalue weighted by atomic mass is 19.1. The van der Waals surface area contributed by atoms with Gasteiger partial charge in [0.1, 0.15) is 5.82 Å². The summed E-state index contributed by atoms with van der Waals surface area (Å²) >= 11 is 0. The molecule has 3 nitrogen and oxygen atoms in total. The monoisotopic (exact) mass is 251 g/mol. The Morgan fingerprint density at radius 2 is 2.17 bits per heavy atom. The molecule has 1 aromatic rings. The molecule has 2 N–H and O–H groups in total. The van der Waals surface area contributed by atoms with Gasteiger partial charge in [0.25, 0.3) is 0 Å². The zero-order valence-electron chi connectivity index (χ0n) is 10.6. The molecule has 1 aliphatic carbocycles. The third kappa shape index (κ3) is 2.38. The van der Waals surface area contributed by atoms with Gasteiger partial charge in [0.2, 0.25) is 5.91 Å². The van der Waals surface area contributed by atoms with Crippen molar-refractivity contribution in [3.63, 3.8) is 0 Å². The van der Waals surface area contributed by atoms with Crippen molar-refractivity contribution in [3.05, 3.63) is 35.6 Å². The number of halogens is 1. The normalized spacial score (nSPS) is 25.3. The van der Waals surface area contributed by atoms with Crippen LogP contribution in [0.3, 0.4) is 0 Å². The summed E-state index contributed by atoms with van der Waals surface area (Å²) in [5, 5.41) is 12.4. The van der Waals surface area contributed by atoms with Crippen LogP contribution in [0.1, 0.15) is 25.8 Å². The van der Waals surface area contributed by atoms with Gasteiger partial charge in [-0.15, -0.1) is 0 Å². The van der Waals surface area contributed by atoms with E-state index in [4.69, 9.17) is 0 Å². The van der Waals surface area contributed by atoms with Crippen LogP contribution < -0.4 is 5.32 Å². The average molecular weight is 251 g/mol. The van der Waals surface area contributed by atoms with Crippen LogP contribution in [0.4, 0.5) is 4.39 Å². The van der Waals surface area contributed by atoms with E-state index >= 15 is 0 Å². The van der Waals surface area contributed by atoms with Crippen molar-refractivity contribution in [1.82, 2.24) is 5.32 Å². The van der Waals surface area contributed by atoms with E-state index in [1.807, 2.05) is 13.8 Å². The summed E-state index contributed by atoms with van der Waals surface area (Å²) in [5.74, 6) is -0.564. The highest BCUT2D eigenvalue weighted by Crippen LogP contribution is 2.40. The second-order valence-corrected chi connectivity index (χ2v) is 5.46. The highest BCUT2D eigenvalue weighted by Gasteiger charge is 2.47. The quantitative estimate of drug-likeness (QED) is 0.858. The molecule has 1 aliphatic rings. The molecule has 0 spiro atoms. The zero-order chi connectivity index (χ0) is 13.3. The third-order valence-corrected chi connectivity index (χ3v) is 3.86. The molecule has 0 aliphatic heterocycles. The van der Waals surface area contributed by atoms with Crippen molar-refractivity contribution in [1.29, 1.82) is 0 Å². The molecule has 0 heterocycles. The van der Waals surface area contributed by atoms with E-state index in [2.05, 4.69) is 5.32 Å². The fourth-order valence-corrected chi connectivity index (χ4v) is 2.21. The van der Waals surface area contributed by atoms with Crippen LogP contribution >= 0.6 is 0 Å². The first-order chi connectivity index (χ1) is 8.41. The SMILES string of the molecule is CC1(C)C(O)CC1NC(=O)Cc1ccccc1F. The van der Waals surface area contributed by atoms with Gasteiger partial charge in [-0.05, 0) is 18.1 Å². The van der Waals surface area contributed by atoms with Crippen LogP contribution in [0, 0.1) is 11.2 Å². The van der Waals surface area contributed by atoms with Gasteiger partial charge in [-0.3, -0.25) is 4.79 Å². The summed E-state index contributed by atoms with van der Waals surface area (Å²) in [6.07, 6.45) is 0.224. The standard InChI is InChI=1S/C14H18FNO2/c1-14(2)11(8-12(14)17)16-13(18)7-9-5-3-4-6-10(9)15/h3-6,11-12,17H,7-8H2,1-2H3,(H,16,18). The van der Waals surface area contributed by atoms with Gasteiger partial charge in [0.05, 0.1) is 12.5 Å². The Hall–Kier alpha value is -1.42. The molecular formula is C14H18FNO2. The van der Waals surface area contributed by atoms with Gasteiger partial charge in [-0.1, -0.05) is 32.0 Å². The maximum atomic E-state index is 13.4. The van der Waals surface area contributed by atoms with Crippen LogP contribution in [-0.2, 0) is 11.2 Å². The van der Waals surface area contributed by atoms with E-state index in [0.717, 1.165) is 0 Å². The largest absolute Gasteiger partial charge is 0.392 e. The third-order valence-electron chi connectivity index (χ3n) is 3.86. The fourth-order valence-electron chi connectivity index (χ4n) is 2.21. The smallest absolute Gasteiger partial charge is 0.224 e. The van der Waals surface area contributed by atoms with Gasteiger partial charge in [0, 0.05) is 11.5 Å². The lowest BCUT2D eigenvalue weighted by molar-refractivity contribution is -0.128. The second-order valence-electron chi connectivity index (χ2n) is 5.46. The molecule has 1 aromatic carbocycles. The number of amides is 1. The molecule has 2 atom stereocenters. The van der Waals surface area contributed by atoms with E-state index in [-0.39, 0.29) is 35.7 Å². The molecular weight excluding hydrogens is 233 g/mol. The lowest BCUT2D eigenvalue weighted by atomic mass is 9.64. The van der Waals surface area contributed by atoms with Gasteiger partial charge >= 0.3 is 0 Å². The number of carbonyl (C=O) groups is 1. The topological polar surface area (TPSA) is 49.3 Å². The molecule has 0 radical (unpaired) electrons. The Balaban J connectivity index is 1.93. The van der Waals surface area contributed by atoms with Crippen molar-refractivity contribution < 1.29 is 14.3 Å². The zero-order valence-corrected chi connectivity index (χ0v) is 10.6. The summed E-state index contributed by atoms with van der Waals surface area (Å²) in [6.45, 7) is 3.82. The number of aliphatic hydroxyl groups is 1. The van der Waals surface area contributed by atoms with E-state index in [9.17, 15) is 14.3 Å². The average Bonchev–Trinajstić information content (AvgIpc) is 2.32. The Morgan fingerprint density at radius 3 is 2.72 bits per heavy atom. The summed E-state index contributed by atoms with van der Waals surface area (Å²) in [4.78, 5) is 11.8. The fraction of sp³-hybridized carbons (Fsp3) is 0.500. The lowest BCUT2D eigenvalue weighted by Gasteiger charge is -2.49. The molecule has 2 rings (SSSR count). The van der Waals surface area contributed by atoms with E-state index in [1.54, 1.807) is 18.2 Å². The van der Waals surface area contributed by atoms with Crippen molar-refractivity contribution in [2.24, 2.45) is 5.41 Å².